The van der Waals surface area contributed by atoms with E-state index in [-0.39, 0.29) is 18.0 Å². The molecule has 0 saturated heterocycles. The van der Waals surface area contributed by atoms with Gasteiger partial charge in [-0.3, -0.25) is 4.79 Å². The molecule has 0 unspecified atom stereocenters. The zero-order chi connectivity index (χ0) is 18.8. The Labute approximate surface area is 149 Å². The maximum atomic E-state index is 14.0. The monoisotopic (exact) mass is 359 g/mol. The summed E-state index contributed by atoms with van der Waals surface area (Å²) in [6.45, 7) is 3.15. The SMILES string of the molecule is CC(=O)N[C@@H](C)c1nc2ccccc2n1C[C@@H](O)c1cc(F)ccc1F. The first-order valence-corrected chi connectivity index (χ1v) is 8.22. The summed E-state index contributed by atoms with van der Waals surface area (Å²) >= 11 is 0. The van der Waals surface area contributed by atoms with Crippen LogP contribution in [0.25, 0.3) is 11.0 Å². The van der Waals surface area contributed by atoms with Gasteiger partial charge in [0.05, 0.1) is 29.7 Å². The van der Waals surface area contributed by atoms with E-state index >= 15 is 0 Å². The number of halogens is 2. The van der Waals surface area contributed by atoms with Crippen LogP contribution in [0.15, 0.2) is 42.5 Å². The number of nitrogens with one attached hydrogen (secondary N) is 1. The van der Waals surface area contributed by atoms with E-state index < -0.39 is 23.8 Å². The van der Waals surface area contributed by atoms with Gasteiger partial charge in [-0.2, -0.15) is 0 Å². The van der Waals surface area contributed by atoms with Crippen LogP contribution in [-0.2, 0) is 11.3 Å². The molecule has 1 amide bonds. The van der Waals surface area contributed by atoms with Crippen molar-refractivity contribution < 1.29 is 18.7 Å². The van der Waals surface area contributed by atoms with Crippen molar-refractivity contribution in [3.8, 4) is 0 Å². The van der Waals surface area contributed by atoms with E-state index in [4.69, 9.17) is 0 Å². The third-order valence-electron chi connectivity index (χ3n) is 4.16. The van der Waals surface area contributed by atoms with Crippen LogP contribution in [0.5, 0.6) is 0 Å². The van der Waals surface area contributed by atoms with Gasteiger partial charge in [0, 0.05) is 12.5 Å². The van der Waals surface area contributed by atoms with Crippen molar-refractivity contribution in [3.05, 3.63) is 65.5 Å². The van der Waals surface area contributed by atoms with E-state index in [0.29, 0.717) is 11.3 Å². The third kappa shape index (κ3) is 3.57. The molecule has 0 radical (unpaired) electrons. The first-order valence-electron chi connectivity index (χ1n) is 8.22. The highest BCUT2D eigenvalue weighted by Crippen LogP contribution is 2.26. The molecule has 136 valence electrons. The minimum absolute atomic E-state index is 0.0276. The Hall–Kier alpha value is -2.80. The normalized spacial score (nSPS) is 13.6. The van der Waals surface area contributed by atoms with Gasteiger partial charge in [-0.1, -0.05) is 12.1 Å². The number of carbonyl (C=O) groups excluding carboxylic acids is 1. The van der Waals surface area contributed by atoms with Gasteiger partial charge in [0.15, 0.2) is 0 Å². The lowest BCUT2D eigenvalue weighted by Crippen LogP contribution is -2.27. The van der Waals surface area contributed by atoms with Gasteiger partial charge in [-0.25, -0.2) is 13.8 Å². The molecular formula is C19H19F2N3O2. The maximum Gasteiger partial charge on any atom is 0.217 e. The van der Waals surface area contributed by atoms with Crippen molar-refractivity contribution in [1.82, 2.24) is 14.9 Å². The summed E-state index contributed by atoms with van der Waals surface area (Å²) in [4.78, 5) is 15.9. The van der Waals surface area contributed by atoms with E-state index in [0.717, 1.165) is 23.7 Å². The van der Waals surface area contributed by atoms with Gasteiger partial charge in [0.1, 0.15) is 17.5 Å². The number of fused-ring (bicyclic) bond motifs is 1. The predicted octanol–water partition coefficient (Wildman–Crippen LogP) is 3.25. The average Bonchev–Trinajstić information content (AvgIpc) is 2.95. The smallest absolute Gasteiger partial charge is 0.217 e. The first kappa shape index (κ1) is 18.0. The van der Waals surface area contributed by atoms with Crippen LogP contribution >= 0.6 is 0 Å². The number of imidazole rings is 1. The molecule has 0 aliphatic rings. The van der Waals surface area contributed by atoms with Gasteiger partial charge < -0.3 is 15.0 Å². The highest BCUT2D eigenvalue weighted by Gasteiger charge is 2.21. The van der Waals surface area contributed by atoms with Crippen LogP contribution in [0, 0.1) is 11.6 Å². The molecule has 2 aromatic carbocycles. The number of aliphatic hydroxyl groups excluding tert-OH is 1. The average molecular weight is 359 g/mol. The molecule has 1 heterocycles. The van der Waals surface area contributed by atoms with Crippen molar-refractivity contribution in [3.63, 3.8) is 0 Å². The molecule has 0 aliphatic heterocycles. The number of hydrogen-bond acceptors (Lipinski definition) is 3. The number of carbonyl (C=O) groups is 1. The number of benzene rings is 2. The molecule has 7 heteroatoms. The second kappa shape index (κ2) is 7.21. The van der Waals surface area contributed by atoms with Crippen LogP contribution < -0.4 is 5.32 Å². The van der Waals surface area contributed by atoms with Crippen molar-refractivity contribution >= 4 is 16.9 Å². The fraction of sp³-hybridized carbons (Fsp3) is 0.263. The largest absolute Gasteiger partial charge is 0.386 e. The molecule has 2 atom stereocenters. The Bertz CT molecular complexity index is 955. The first-order chi connectivity index (χ1) is 12.4. The van der Waals surface area contributed by atoms with E-state index in [1.54, 1.807) is 11.5 Å². The molecule has 5 nitrogen and oxygen atoms in total. The highest BCUT2D eigenvalue weighted by molar-refractivity contribution is 5.77. The summed E-state index contributed by atoms with van der Waals surface area (Å²) in [5.41, 5.74) is 1.29. The second-order valence-electron chi connectivity index (χ2n) is 6.17. The summed E-state index contributed by atoms with van der Waals surface area (Å²) in [6, 6.07) is 9.84. The van der Waals surface area contributed by atoms with Crippen LogP contribution in [0.1, 0.15) is 37.4 Å². The lowest BCUT2D eigenvalue weighted by atomic mass is 10.1. The van der Waals surface area contributed by atoms with Gasteiger partial charge in [0.2, 0.25) is 5.91 Å². The Morgan fingerprint density at radius 3 is 2.73 bits per heavy atom. The van der Waals surface area contributed by atoms with E-state index in [1.165, 1.54) is 6.92 Å². The second-order valence-corrected chi connectivity index (χ2v) is 6.17. The van der Waals surface area contributed by atoms with Crippen molar-refractivity contribution in [2.45, 2.75) is 32.5 Å². The molecular weight excluding hydrogens is 340 g/mol. The molecule has 0 aliphatic carbocycles. The Morgan fingerprint density at radius 1 is 1.27 bits per heavy atom. The summed E-state index contributed by atoms with van der Waals surface area (Å²) in [7, 11) is 0. The Kier molecular flexibility index (Phi) is 4.99. The molecule has 0 bridgehead atoms. The number of rotatable bonds is 5. The number of amides is 1. The fourth-order valence-corrected chi connectivity index (χ4v) is 3.03. The van der Waals surface area contributed by atoms with Gasteiger partial charge in [-0.05, 0) is 37.3 Å². The number of hydrogen-bond donors (Lipinski definition) is 2. The van der Waals surface area contributed by atoms with Crippen molar-refractivity contribution in [2.24, 2.45) is 0 Å². The lowest BCUT2D eigenvalue weighted by molar-refractivity contribution is -0.119. The Balaban J connectivity index is 2.02. The molecule has 1 aromatic heterocycles. The minimum Gasteiger partial charge on any atom is -0.386 e. The third-order valence-corrected chi connectivity index (χ3v) is 4.16. The zero-order valence-corrected chi connectivity index (χ0v) is 14.4. The number of aliphatic hydroxyl groups is 1. The highest BCUT2D eigenvalue weighted by atomic mass is 19.1. The fourth-order valence-electron chi connectivity index (χ4n) is 3.03. The van der Waals surface area contributed by atoms with Gasteiger partial charge in [0.25, 0.3) is 0 Å². The predicted molar refractivity (Wildman–Crippen MR) is 93.3 cm³/mol. The van der Waals surface area contributed by atoms with E-state index in [9.17, 15) is 18.7 Å². The van der Waals surface area contributed by atoms with Gasteiger partial charge >= 0.3 is 0 Å². The molecule has 3 rings (SSSR count). The molecule has 2 N–H and O–H groups in total. The molecule has 0 spiro atoms. The number of nitrogens with zero attached hydrogens (tertiary/aromatic N) is 2. The molecule has 26 heavy (non-hydrogen) atoms. The van der Waals surface area contributed by atoms with Crippen molar-refractivity contribution in [2.75, 3.05) is 0 Å². The minimum atomic E-state index is -1.27. The summed E-state index contributed by atoms with van der Waals surface area (Å²) in [6.07, 6.45) is -1.27. The van der Waals surface area contributed by atoms with Gasteiger partial charge in [-0.15, -0.1) is 0 Å². The summed E-state index contributed by atoms with van der Waals surface area (Å²) in [5, 5.41) is 13.3. The van der Waals surface area contributed by atoms with Crippen LogP contribution in [0.2, 0.25) is 0 Å². The quantitative estimate of drug-likeness (QED) is 0.735. The zero-order valence-electron chi connectivity index (χ0n) is 14.4. The maximum absolute atomic E-state index is 14.0. The summed E-state index contributed by atoms with van der Waals surface area (Å²) in [5.74, 6) is -0.993. The lowest BCUT2D eigenvalue weighted by Gasteiger charge is -2.19. The number of para-hydroxylation sites is 2. The van der Waals surface area contributed by atoms with Crippen LogP contribution in [0.4, 0.5) is 8.78 Å². The van der Waals surface area contributed by atoms with Crippen molar-refractivity contribution in [1.29, 1.82) is 0 Å². The molecule has 0 fully saturated rings. The topological polar surface area (TPSA) is 67.2 Å². The van der Waals surface area contributed by atoms with E-state index in [2.05, 4.69) is 10.3 Å². The summed E-state index contributed by atoms with van der Waals surface area (Å²) < 4.78 is 29.1. The molecule has 0 saturated carbocycles. The van der Waals surface area contributed by atoms with E-state index in [1.807, 2.05) is 24.3 Å². The Morgan fingerprint density at radius 2 is 2.00 bits per heavy atom. The molecule has 3 aromatic rings. The van der Waals surface area contributed by atoms with Crippen LogP contribution in [-0.4, -0.2) is 20.6 Å². The van der Waals surface area contributed by atoms with Crippen LogP contribution in [0.3, 0.4) is 0 Å². The number of aromatic nitrogens is 2. The standard InChI is InChI=1S/C19H19F2N3O2/c1-11(22-12(2)25)19-23-16-5-3-4-6-17(16)24(19)10-18(26)14-9-13(20)7-8-15(14)21/h3-9,11,18,26H,10H2,1-2H3,(H,22,25)/t11-,18+/m0/s1.